The fraction of sp³-hybridized carbons (Fsp3) is 0.0667. The second-order valence-electron chi connectivity index (χ2n) is 8.70. The molecule has 2 heteroatoms. The molecule has 0 fully saturated rings. The minimum absolute atomic E-state index is 0.283. The molecule has 152 valence electrons. The number of hydrogen-bond acceptors (Lipinski definition) is 0. The van der Waals surface area contributed by atoms with Crippen molar-refractivity contribution in [3.8, 4) is 11.1 Å². The lowest BCUT2D eigenvalue weighted by Gasteiger charge is -2.29. The molecule has 0 aliphatic heterocycles. The van der Waals surface area contributed by atoms with E-state index >= 15 is 0 Å². The van der Waals surface area contributed by atoms with Crippen molar-refractivity contribution in [2.45, 2.75) is 5.41 Å². The molecule has 1 heterocycles. The van der Waals surface area contributed by atoms with Gasteiger partial charge in [0.15, 0.2) is 0 Å². The summed E-state index contributed by atoms with van der Waals surface area (Å²) in [6.07, 6.45) is 0. The molecule has 0 saturated carbocycles. The van der Waals surface area contributed by atoms with Crippen molar-refractivity contribution in [2.24, 2.45) is 7.05 Å². The Kier molecular flexibility index (Phi) is 3.72. The molecule has 0 atom stereocenters. The zero-order valence-electron chi connectivity index (χ0n) is 17.6. The molecule has 32 heavy (non-hydrogen) atoms. The van der Waals surface area contributed by atoms with Gasteiger partial charge in [-0.25, -0.2) is 0 Å². The van der Waals surface area contributed by atoms with Gasteiger partial charge in [0.25, 0.3) is 0 Å². The molecule has 5 aromatic rings. The van der Waals surface area contributed by atoms with Gasteiger partial charge in [0.2, 0.25) is 0 Å². The van der Waals surface area contributed by atoms with Crippen molar-refractivity contribution in [3.05, 3.63) is 135 Å². The Morgan fingerprint density at radius 2 is 1.22 bits per heavy atom. The average molecular weight is 521 g/mol. The first kappa shape index (κ1) is 18.5. The predicted molar refractivity (Wildman–Crippen MR) is 141 cm³/mol. The topological polar surface area (TPSA) is 4.93 Å². The first-order valence-electron chi connectivity index (χ1n) is 11.0. The van der Waals surface area contributed by atoms with E-state index in [4.69, 9.17) is 0 Å². The molecule has 1 spiro atoms. The van der Waals surface area contributed by atoms with Gasteiger partial charge in [-0.05, 0) is 56.5 Å². The number of allylic oxidation sites excluding steroid dienone is 1. The number of aromatic nitrogens is 1. The van der Waals surface area contributed by atoms with Gasteiger partial charge in [-0.1, -0.05) is 97.1 Å². The van der Waals surface area contributed by atoms with Gasteiger partial charge in [0, 0.05) is 32.7 Å². The molecule has 0 unspecified atom stereocenters. The maximum atomic E-state index is 2.65. The van der Waals surface area contributed by atoms with E-state index in [2.05, 4.69) is 137 Å². The Bertz CT molecular complexity index is 1540. The molecule has 2 aliphatic carbocycles. The number of nitrogens with zero attached hydrogens (tertiary/aromatic N) is 1. The number of para-hydroxylation sites is 1. The Morgan fingerprint density at radius 1 is 0.656 bits per heavy atom. The van der Waals surface area contributed by atoms with E-state index in [1.807, 2.05) is 0 Å². The van der Waals surface area contributed by atoms with Crippen LogP contribution in [0.25, 0.3) is 27.6 Å². The normalized spacial score (nSPS) is 15.3. The van der Waals surface area contributed by atoms with Crippen LogP contribution in [-0.4, -0.2) is 4.57 Å². The van der Waals surface area contributed by atoms with Crippen molar-refractivity contribution in [1.82, 2.24) is 4.57 Å². The first-order chi connectivity index (χ1) is 15.7. The quantitative estimate of drug-likeness (QED) is 0.199. The molecule has 0 radical (unpaired) electrons. The number of hydrogen-bond donors (Lipinski definition) is 0. The van der Waals surface area contributed by atoms with Gasteiger partial charge < -0.3 is 4.57 Å². The highest BCUT2D eigenvalue weighted by molar-refractivity contribution is 14.1. The maximum absolute atomic E-state index is 2.65. The predicted octanol–water partition coefficient (Wildman–Crippen LogP) is 7.70. The van der Waals surface area contributed by atoms with E-state index in [0.29, 0.717) is 0 Å². The minimum Gasteiger partial charge on any atom is -0.343 e. The summed E-state index contributed by atoms with van der Waals surface area (Å²) in [5, 5.41) is 1.34. The second kappa shape index (κ2) is 6.46. The Morgan fingerprint density at radius 3 is 1.91 bits per heavy atom. The maximum Gasteiger partial charge on any atom is 0.0804 e. The Labute approximate surface area is 201 Å². The highest BCUT2D eigenvalue weighted by Crippen LogP contribution is 2.65. The third kappa shape index (κ3) is 2.04. The summed E-state index contributed by atoms with van der Waals surface area (Å²) in [7, 11) is 2.22. The van der Waals surface area contributed by atoms with Gasteiger partial charge in [0.05, 0.1) is 11.1 Å². The molecule has 1 nitrogen and oxygen atoms in total. The summed E-state index contributed by atoms with van der Waals surface area (Å²) in [4.78, 5) is 0. The molecular formula is C30H20IN. The average Bonchev–Trinajstić information content (AvgIpc) is 3.41. The van der Waals surface area contributed by atoms with Crippen LogP contribution in [0.1, 0.15) is 27.9 Å². The highest BCUT2D eigenvalue weighted by Gasteiger charge is 2.54. The lowest BCUT2D eigenvalue weighted by atomic mass is 9.74. The largest absolute Gasteiger partial charge is 0.343 e. The number of aryl methyl sites for hydroxylation is 1. The SMILES string of the molecule is Cn1c2c(c3ccccc31)C1(C(I)=C2c2ccccc2)c2ccccc2-c2ccccc21. The van der Waals surface area contributed by atoms with Crippen LogP contribution in [0.5, 0.6) is 0 Å². The summed E-state index contributed by atoms with van der Waals surface area (Å²) in [5.41, 5.74) is 11.9. The minimum atomic E-state index is -0.283. The summed E-state index contributed by atoms with van der Waals surface area (Å²) >= 11 is 2.65. The van der Waals surface area contributed by atoms with E-state index < -0.39 is 0 Å². The number of fused-ring (bicyclic) bond motifs is 9. The summed E-state index contributed by atoms with van der Waals surface area (Å²) < 4.78 is 3.80. The van der Waals surface area contributed by atoms with Crippen LogP contribution >= 0.6 is 22.6 Å². The van der Waals surface area contributed by atoms with Crippen molar-refractivity contribution in [2.75, 3.05) is 0 Å². The van der Waals surface area contributed by atoms with E-state index in [9.17, 15) is 0 Å². The first-order valence-corrected chi connectivity index (χ1v) is 12.1. The fourth-order valence-corrected chi connectivity index (χ4v) is 7.49. The van der Waals surface area contributed by atoms with E-state index in [1.165, 1.54) is 59.1 Å². The highest BCUT2D eigenvalue weighted by atomic mass is 127. The summed E-state index contributed by atoms with van der Waals surface area (Å²) in [6, 6.07) is 37.8. The zero-order valence-corrected chi connectivity index (χ0v) is 19.8. The van der Waals surface area contributed by atoms with Crippen LogP contribution in [0.3, 0.4) is 0 Å². The molecular weight excluding hydrogens is 501 g/mol. The number of halogens is 1. The monoisotopic (exact) mass is 521 g/mol. The van der Waals surface area contributed by atoms with Crippen molar-refractivity contribution >= 4 is 39.1 Å². The van der Waals surface area contributed by atoms with E-state index in [-0.39, 0.29) is 5.41 Å². The van der Waals surface area contributed by atoms with Gasteiger partial charge in [0.1, 0.15) is 0 Å². The lowest BCUT2D eigenvalue weighted by Crippen LogP contribution is -2.25. The molecule has 0 amide bonds. The van der Waals surface area contributed by atoms with Gasteiger partial charge in [-0.2, -0.15) is 0 Å². The van der Waals surface area contributed by atoms with Crippen LogP contribution in [0.2, 0.25) is 0 Å². The molecule has 0 bridgehead atoms. The van der Waals surface area contributed by atoms with Crippen LogP contribution in [0.4, 0.5) is 0 Å². The molecule has 2 aliphatic rings. The van der Waals surface area contributed by atoms with Crippen molar-refractivity contribution in [3.63, 3.8) is 0 Å². The fourth-order valence-electron chi connectivity index (χ4n) is 6.08. The number of benzene rings is 4. The van der Waals surface area contributed by atoms with Gasteiger partial charge in [-0.3, -0.25) is 0 Å². The standard InChI is InChI=1S/C30H20IN/c1-32-25-18-10-7-15-22(25)27-28(32)26(19-11-3-2-4-12-19)29(31)30(27)23-16-8-5-13-20(23)21-14-6-9-17-24(21)30/h2-18H,1H3. The van der Waals surface area contributed by atoms with Crippen LogP contribution < -0.4 is 0 Å². The van der Waals surface area contributed by atoms with E-state index in [0.717, 1.165) is 0 Å². The van der Waals surface area contributed by atoms with Crippen LogP contribution in [0, 0.1) is 0 Å². The van der Waals surface area contributed by atoms with Crippen LogP contribution in [-0.2, 0) is 12.5 Å². The van der Waals surface area contributed by atoms with Crippen molar-refractivity contribution < 1.29 is 0 Å². The second-order valence-corrected chi connectivity index (χ2v) is 9.77. The summed E-state index contributed by atoms with van der Waals surface area (Å²) in [6.45, 7) is 0. The molecule has 0 N–H and O–H groups in total. The molecule has 4 aromatic carbocycles. The Balaban J connectivity index is 1.75. The van der Waals surface area contributed by atoms with Gasteiger partial charge in [-0.15, -0.1) is 0 Å². The molecule has 7 rings (SSSR count). The number of rotatable bonds is 1. The molecule has 0 saturated heterocycles. The van der Waals surface area contributed by atoms with Gasteiger partial charge >= 0.3 is 0 Å². The summed E-state index contributed by atoms with van der Waals surface area (Å²) in [5.74, 6) is 0. The third-order valence-electron chi connectivity index (χ3n) is 7.28. The molecule has 1 aromatic heterocycles. The zero-order chi connectivity index (χ0) is 21.4. The van der Waals surface area contributed by atoms with Crippen molar-refractivity contribution in [1.29, 1.82) is 0 Å². The van der Waals surface area contributed by atoms with Crippen LogP contribution in [0.15, 0.2) is 107 Å². The Hall–Kier alpha value is -3.11. The smallest absolute Gasteiger partial charge is 0.0804 e. The third-order valence-corrected chi connectivity index (χ3v) is 8.63. The lowest BCUT2D eigenvalue weighted by molar-refractivity contribution is 0.816. The van der Waals surface area contributed by atoms with E-state index in [1.54, 1.807) is 0 Å².